The summed E-state index contributed by atoms with van der Waals surface area (Å²) in [4.78, 5) is 19.6. The summed E-state index contributed by atoms with van der Waals surface area (Å²) in [6.45, 7) is 3.39. The van der Waals surface area contributed by atoms with Gasteiger partial charge in [-0.15, -0.1) is 0 Å². The fourth-order valence-electron chi connectivity index (χ4n) is 2.97. The molecule has 2 aromatic rings. The highest BCUT2D eigenvalue weighted by Gasteiger charge is 2.61. The lowest BCUT2D eigenvalue weighted by atomic mass is 9.93. The summed E-state index contributed by atoms with van der Waals surface area (Å²) in [5.41, 5.74) is -0.458. The van der Waals surface area contributed by atoms with Gasteiger partial charge in [-0.1, -0.05) is 12.1 Å². The lowest BCUT2D eigenvalue weighted by Crippen LogP contribution is -2.25. The van der Waals surface area contributed by atoms with Crippen LogP contribution in [0.5, 0.6) is 5.75 Å². The molecule has 126 valence electrons. The van der Waals surface area contributed by atoms with E-state index in [4.69, 9.17) is 4.74 Å². The molecule has 0 radical (unpaired) electrons. The average molecular weight is 334 g/mol. The lowest BCUT2D eigenvalue weighted by Gasteiger charge is -2.19. The molecule has 5 nitrogen and oxygen atoms in total. The smallest absolute Gasteiger partial charge is 0.307 e. The molecular weight excluding hydrogens is 318 g/mol. The summed E-state index contributed by atoms with van der Waals surface area (Å²) >= 11 is 0. The number of ether oxygens (including phenoxy) is 1. The van der Waals surface area contributed by atoms with E-state index < -0.39 is 28.9 Å². The molecule has 1 saturated carbocycles. The van der Waals surface area contributed by atoms with E-state index in [1.54, 1.807) is 13.8 Å². The number of carboxylic acids is 1. The number of aryl methyl sites for hydroxylation is 2. The Labute approximate surface area is 137 Å². The van der Waals surface area contributed by atoms with Crippen molar-refractivity contribution in [1.29, 1.82) is 0 Å². The second-order valence-corrected chi connectivity index (χ2v) is 6.01. The maximum atomic E-state index is 14.2. The highest BCUT2D eigenvalue weighted by Crippen LogP contribution is 2.55. The maximum Gasteiger partial charge on any atom is 0.307 e. The molecule has 0 aliphatic heterocycles. The minimum atomic E-state index is -1.09. The predicted molar refractivity (Wildman–Crippen MR) is 80.8 cm³/mol. The van der Waals surface area contributed by atoms with Crippen LogP contribution in [0.3, 0.4) is 0 Å². The van der Waals surface area contributed by atoms with Crippen LogP contribution in [-0.4, -0.2) is 27.7 Å². The molecule has 1 aromatic carbocycles. The van der Waals surface area contributed by atoms with Crippen LogP contribution in [0.4, 0.5) is 8.78 Å². The molecule has 0 bridgehead atoms. The van der Waals surface area contributed by atoms with Gasteiger partial charge in [0, 0.05) is 11.0 Å². The zero-order valence-electron chi connectivity index (χ0n) is 13.2. The molecule has 0 saturated heterocycles. The van der Waals surface area contributed by atoms with Crippen LogP contribution < -0.4 is 4.74 Å². The lowest BCUT2D eigenvalue weighted by molar-refractivity contribution is -0.139. The molecule has 3 rings (SSSR count). The summed E-state index contributed by atoms with van der Waals surface area (Å²) in [5, 5.41) is 9.30. The van der Waals surface area contributed by atoms with Gasteiger partial charge in [0.1, 0.15) is 5.82 Å². The first-order valence-electron chi connectivity index (χ1n) is 7.45. The van der Waals surface area contributed by atoms with Gasteiger partial charge in [-0.2, -0.15) is 0 Å². The number of hydrogen-bond donors (Lipinski definition) is 1. The van der Waals surface area contributed by atoms with E-state index in [-0.39, 0.29) is 18.6 Å². The SMILES string of the molecule is Cc1ncc(OCC2(c3cccc(F)c3F)CC2C(=O)O)c(C)n1. The van der Waals surface area contributed by atoms with Crippen molar-refractivity contribution in [1.82, 2.24) is 9.97 Å². The van der Waals surface area contributed by atoms with Crippen LogP contribution in [-0.2, 0) is 10.2 Å². The van der Waals surface area contributed by atoms with Gasteiger partial charge in [0.05, 0.1) is 24.4 Å². The molecule has 1 aliphatic rings. The number of carbonyl (C=O) groups is 1. The van der Waals surface area contributed by atoms with Crippen LogP contribution in [0.2, 0.25) is 0 Å². The number of hydrogen-bond acceptors (Lipinski definition) is 4. The van der Waals surface area contributed by atoms with Crippen LogP contribution in [0.15, 0.2) is 24.4 Å². The number of halogens is 2. The summed E-state index contributed by atoms with van der Waals surface area (Å²) in [5.74, 6) is -2.92. The van der Waals surface area contributed by atoms with E-state index >= 15 is 0 Å². The van der Waals surface area contributed by atoms with E-state index in [1.165, 1.54) is 18.3 Å². The van der Waals surface area contributed by atoms with Crippen LogP contribution >= 0.6 is 0 Å². The van der Waals surface area contributed by atoms with Crippen molar-refractivity contribution in [3.05, 3.63) is 53.1 Å². The van der Waals surface area contributed by atoms with Gasteiger partial charge in [0.25, 0.3) is 0 Å². The van der Waals surface area contributed by atoms with Crippen molar-refractivity contribution < 1.29 is 23.4 Å². The third kappa shape index (κ3) is 2.70. The fourth-order valence-corrected chi connectivity index (χ4v) is 2.97. The van der Waals surface area contributed by atoms with Gasteiger partial charge < -0.3 is 9.84 Å². The van der Waals surface area contributed by atoms with Crippen molar-refractivity contribution in [2.45, 2.75) is 25.7 Å². The standard InChI is InChI=1S/C17H16F2N2O3/c1-9-14(7-20-10(2)21-9)24-8-17(6-12(17)16(22)23)11-4-3-5-13(18)15(11)19/h3-5,7,12H,6,8H2,1-2H3,(H,22,23). The Hall–Kier alpha value is -2.57. The number of rotatable bonds is 5. The number of carboxylic acid groups (broad SMARTS) is 1. The first kappa shape index (κ1) is 16.3. The Morgan fingerprint density at radius 2 is 2.17 bits per heavy atom. The largest absolute Gasteiger partial charge is 0.489 e. The van der Waals surface area contributed by atoms with E-state index in [1.807, 2.05) is 0 Å². The summed E-state index contributed by atoms with van der Waals surface area (Å²) in [6.07, 6.45) is 1.68. The third-order valence-electron chi connectivity index (χ3n) is 4.40. The molecule has 1 heterocycles. The first-order valence-corrected chi connectivity index (χ1v) is 7.45. The fraction of sp³-hybridized carbons (Fsp3) is 0.353. The van der Waals surface area contributed by atoms with Gasteiger partial charge in [-0.25, -0.2) is 18.7 Å². The molecular formula is C17H16F2N2O3. The Morgan fingerprint density at radius 3 is 2.79 bits per heavy atom. The maximum absolute atomic E-state index is 14.2. The summed E-state index contributed by atoms with van der Waals surface area (Å²) in [7, 11) is 0. The van der Waals surface area contributed by atoms with E-state index in [0.717, 1.165) is 6.07 Å². The number of nitrogens with zero attached hydrogens (tertiary/aromatic N) is 2. The highest BCUT2D eigenvalue weighted by molar-refractivity contribution is 5.77. The van der Waals surface area contributed by atoms with Gasteiger partial charge in [0.15, 0.2) is 17.4 Å². The molecule has 1 aromatic heterocycles. The zero-order valence-corrected chi connectivity index (χ0v) is 13.2. The number of aliphatic carboxylic acids is 1. The molecule has 1 aliphatic carbocycles. The van der Waals surface area contributed by atoms with Gasteiger partial charge in [-0.05, 0) is 26.3 Å². The molecule has 0 amide bonds. The van der Waals surface area contributed by atoms with Crippen LogP contribution in [0.25, 0.3) is 0 Å². The number of aromatic nitrogens is 2. The third-order valence-corrected chi connectivity index (χ3v) is 4.40. The highest BCUT2D eigenvalue weighted by atomic mass is 19.2. The Balaban J connectivity index is 1.91. The Kier molecular flexibility index (Phi) is 3.95. The molecule has 2 atom stereocenters. The van der Waals surface area contributed by atoms with E-state index in [2.05, 4.69) is 9.97 Å². The van der Waals surface area contributed by atoms with Gasteiger partial charge >= 0.3 is 5.97 Å². The predicted octanol–water partition coefficient (Wildman–Crippen LogP) is 2.79. The second-order valence-electron chi connectivity index (χ2n) is 6.01. The van der Waals surface area contributed by atoms with Crippen molar-refractivity contribution >= 4 is 5.97 Å². The molecule has 1 N–H and O–H groups in total. The monoisotopic (exact) mass is 334 g/mol. The molecule has 7 heteroatoms. The van der Waals surface area contributed by atoms with E-state index in [9.17, 15) is 18.7 Å². The van der Waals surface area contributed by atoms with Crippen molar-refractivity contribution in [3.8, 4) is 5.75 Å². The second kappa shape index (κ2) is 5.81. The van der Waals surface area contributed by atoms with Gasteiger partial charge in [0.2, 0.25) is 0 Å². The number of benzene rings is 1. The summed E-state index contributed by atoms with van der Waals surface area (Å²) < 4.78 is 33.4. The summed E-state index contributed by atoms with van der Waals surface area (Å²) in [6, 6.07) is 3.78. The minimum absolute atomic E-state index is 0.0283. The van der Waals surface area contributed by atoms with Crippen molar-refractivity contribution in [2.75, 3.05) is 6.61 Å². The van der Waals surface area contributed by atoms with Crippen molar-refractivity contribution in [3.63, 3.8) is 0 Å². The van der Waals surface area contributed by atoms with Crippen LogP contribution in [0, 0.1) is 31.4 Å². The first-order chi connectivity index (χ1) is 11.3. The quantitative estimate of drug-likeness (QED) is 0.910. The minimum Gasteiger partial charge on any atom is -0.489 e. The normalized spacial score (nSPS) is 22.2. The Bertz CT molecular complexity index is 812. The zero-order chi connectivity index (χ0) is 17.5. The average Bonchev–Trinajstić information content (AvgIpc) is 3.25. The molecule has 1 fully saturated rings. The molecule has 0 spiro atoms. The topological polar surface area (TPSA) is 72.3 Å². The van der Waals surface area contributed by atoms with Crippen molar-refractivity contribution in [2.24, 2.45) is 5.92 Å². The van der Waals surface area contributed by atoms with Crippen LogP contribution in [0.1, 0.15) is 23.5 Å². The van der Waals surface area contributed by atoms with E-state index in [0.29, 0.717) is 17.3 Å². The molecule has 24 heavy (non-hydrogen) atoms. The Morgan fingerprint density at radius 1 is 1.42 bits per heavy atom. The van der Waals surface area contributed by atoms with Gasteiger partial charge in [-0.3, -0.25) is 4.79 Å². The molecule has 2 unspecified atom stereocenters.